The average molecular weight is 169 g/mol. The van der Waals surface area contributed by atoms with E-state index < -0.39 is 0 Å². The van der Waals surface area contributed by atoms with Crippen LogP contribution in [0, 0.1) is 0 Å². The summed E-state index contributed by atoms with van der Waals surface area (Å²) in [6.45, 7) is 4.10. The Kier molecular flexibility index (Phi) is 5.97. The number of carbonyl (C=O) groups excluding carboxylic acids is 1. The predicted octanol–water partition coefficient (Wildman–Crippen LogP) is 1.59. The summed E-state index contributed by atoms with van der Waals surface area (Å²) >= 11 is 0. The van der Waals surface area contributed by atoms with Gasteiger partial charge in [0.15, 0.2) is 0 Å². The van der Waals surface area contributed by atoms with Crippen LogP contribution < -0.4 is 0 Å². The van der Waals surface area contributed by atoms with Crippen LogP contribution in [0.4, 0.5) is 0 Å². The van der Waals surface area contributed by atoms with E-state index in [2.05, 4.69) is 4.99 Å². The molecule has 0 spiro atoms. The van der Waals surface area contributed by atoms with Crippen molar-refractivity contribution in [2.45, 2.75) is 20.3 Å². The summed E-state index contributed by atoms with van der Waals surface area (Å²) in [6, 6.07) is 0. The molecular formula is C9H15NO2. The van der Waals surface area contributed by atoms with Crippen LogP contribution in [-0.2, 0) is 9.53 Å². The average Bonchev–Trinajstić information content (AvgIpc) is 2.04. The Bertz CT molecular complexity index is 195. The minimum absolute atomic E-state index is 0.226. The number of hydrogen-bond acceptors (Lipinski definition) is 3. The lowest BCUT2D eigenvalue weighted by molar-refractivity contribution is -0.141. The molecule has 0 aliphatic carbocycles. The molecule has 0 aliphatic heterocycles. The summed E-state index contributed by atoms with van der Waals surface area (Å²) < 4.78 is 4.77. The fourth-order valence-corrected chi connectivity index (χ4v) is 0.765. The lowest BCUT2D eigenvalue weighted by Gasteiger charge is -2.00. The van der Waals surface area contributed by atoms with E-state index in [0.29, 0.717) is 6.61 Å². The fourth-order valence-electron chi connectivity index (χ4n) is 0.765. The minimum Gasteiger partial charge on any atom is -0.466 e. The van der Waals surface area contributed by atoms with Crippen molar-refractivity contribution >= 4 is 11.7 Å². The monoisotopic (exact) mass is 169 g/mol. The highest BCUT2D eigenvalue weighted by Gasteiger charge is 2.03. The molecule has 0 amide bonds. The summed E-state index contributed by atoms with van der Waals surface area (Å²) in [5.74, 6) is -0.226. The maximum absolute atomic E-state index is 11.0. The van der Waals surface area contributed by atoms with Crippen LogP contribution in [0.25, 0.3) is 0 Å². The van der Waals surface area contributed by atoms with Crippen molar-refractivity contribution < 1.29 is 9.53 Å². The molecule has 0 unspecified atom stereocenters. The first-order valence-electron chi connectivity index (χ1n) is 3.98. The quantitative estimate of drug-likeness (QED) is 0.473. The molecule has 0 radical (unpaired) electrons. The molecule has 68 valence electrons. The second-order valence-corrected chi connectivity index (χ2v) is 2.20. The Hall–Kier alpha value is -1.12. The molecule has 0 N–H and O–H groups in total. The zero-order valence-corrected chi connectivity index (χ0v) is 7.83. The second kappa shape index (κ2) is 6.58. The van der Waals surface area contributed by atoms with Gasteiger partial charge in [-0.15, -0.1) is 0 Å². The van der Waals surface area contributed by atoms with Crippen LogP contribution in [0.2, 0.25) is 0 Å². The Labute approximate surface area is 73.1 Å². The van der Waals surface area contributed by atoms with Crippen LogP contribution in [0.3, 0.4) is 0 Å². The van der Waals surface area contributed by atoms with E-state index >= 15 is 0 Å². The van der Waals surface area contributed by atoms with Crippen LogP contribution in [-0.4, -0.2) is 25.3 Å². The summed E-state index contributed by atoms with van der Waals surface area (Å²) in [5, 5.41) is 0. The first kappa shape index (κ1) is 10.9. The predicted molar refractivity (Wildman–Crippen MR) is 49.4 cm³/mol. The van der Waals surface area contributed by atoms with Crippen molar-refractivity contribution in [2.24, 2.45) is 4.99 Å². The van der Waals surface area contributed by atoms with Crippen molar-refractivity contribution in [1.82, 2.24) is 0 Å². The first-order valence-corrected chi connectivity index (χ1v) is 3.98. The van der Waals surface area contributed by atoms with Gasteiger partial charge in [0.1, 0.15) is 0 Å². The zero-order valence-electron chi connectivity index (χ0n) is 7.83. The van der Waals surface area contributed by atoms with Gasteiger partial charge < -0.3 is 4.74 Å². The van der Waals surface area contributed by atoms with E-state index in [1.807, 2.05) is 13.0 Å². The molecule has 3 nitrogen and oxygen atoms in total. The number of rotatable bonds is 4. The van der Waals surface area contributed by atoms with Gasteiger partial charge in [0.05, 0.1) is 13.0 Å². The van der Waals surface area contributed by atoms with Crippen LogP contribution >= 0.6 is 0 Å². The van der Waals surface area contributed by atoms with Crippen molar-refractivity contribution in [3.8, 4) is 0 Å². The molecule has 0 saturated heterocycles. The van der Waals surface area contributed by atoms with Crippen molar-refractivity contribution in [2.75, 3.05) is 13.7 Å². The van der Waals surface area contributed by atoms with E-state index in [-0.39, 0.29) is 12.4 Å². The molecule has 0 saturated carbocycles. The van der Waals surface area contributed by atoms with Gasteiger partial charge in [0.25, 0.3) is 0 Å². The van der Waals surface area contributed by atoms with E-state index in [1.165, 1.54) is 0 Å². The topological polar surface area (TPSA) is 38.7 Å². The second-order valence-electron chi connectivity index (χ2n) is 2.20. The third kappa shape index (κ3) is 4.66. The van der Waals surface area contributed by atoms with Gasteiger partial charge in [-0.25, -0.2) is 0 Å². The van der Waals surface area contributed by atoms with Gasteiger partial charge in [-0.2, -0.15) is 0 Å². The molecule has 3 heteroatoms. The van der Waals surface area contributed by atoms with Gasteiger partial charge >= 0.3 is 5.97 Å². The first-order chi connectivity index (χ1) is 5.74. The Morgan fingerprint density at radius 2 is 2.25 bits per heavy atom. The fraction of sp³-hybridized carbons (Fsp3) is 0.556. The molecule has 0 fully saturated rings. The Morgan fingerprint density at radius 3 is 2.67 bits per heavy atom. The number of ether oxygens (including phenoxy) is 1. The van der Waals surface area contributed by atoms with Gasteiger partial charge in [-0.3, -0.25) is 9.79 Å². The molecule has 0 aromatic rings. The maximum Gasteiger partial charge on any atom is 0.311 e. The standard InChI is InChI=1S/C9H15NO2/c1-4-6-8(10-3)7-9(11)12-5-2/h4,6H,5,7H2,1-3H3. The normalized spacial score (nSPS) is 12.1. The number of nitrogens with zero attached hydrogens (tertiary/aromatic N) is 1. The third-order valence-corrected chi connectivity index (χ3v) is 1.28. The maximum atomic E-state index is 11.0. The van der Waals surface area contributed by atoms with Gasteiger partial charge in [0, 0.05) is 12.8 Å². The lowest BCUT2D eigenvalue weighted by atomic mass is 10.2. The highest BCUT2D eigenvalue weighted by atomic mass is 16.5. The number of aliphatic imine (C=N–C) groups is 1. The molecule has 0 heterocycles. The molecular weight excluding hydrogens is 154 g/mol. The third-order valence-electron chi connectivity index (χ3n) is 1.28. The van der Waals surface area contributed by atoms with E-state index in [4.69, 9.17) is 4.74 Å². The summed E-state index contributed by atoms with van der Waals surface area (Å²) in [6.07, 6.45) is 3.91. The highest BCUT2D eigenvalue weighted by Crippen LogP contribution is 1.92. The van der Waals surface area contributed by atoms with Gasteiger partial charge in [-0.05, 0) is 19.9 Å². The van der Waals surface area contributed by atoms with Gasteiger partial charge in [-0.1, -0.05) is 6.08 Å². The lowest BCUT2D eigenvalue weighted by Crippen LogP contribution is -2.09. The number of hydrogen-bond donors (Lipinski definition) is 0. The molecule has 0 aromatic heterocycles. The highest BCUT2D eigenvalue weighted by molar-refractivity contribution is 6.05. The number of allylic oxidation sites excluding steroid dienone is 2. The van der Waals surface area contributed by atoms with E-state index in [1.54, 1.807) is 20.0 Å². The SMILES string of the molecule is CC=CC(CC(=O)OCC)=NC. The number of carbonyl (C=O) groups is 1. The molecule has 12 heavy (non-hydrogen) atoms. The summed E-state index contributed by atoms with van der Waals surface area (Å²) in [7, 11) is 1.66. The summed E-state index contributed by atoms with van der Waals surface area (Å²) in [4.78, 5) is 14.9. The molecule has 0 aromatic carbocycles. The minimum atomic E-state index is -0.226. The smallest absolute Gasteiger partial charge is 0.311 e. The van der Waals surface area contributed by atoms with Crippen LogP contribution in [0.1, 0.15) is 20.3 Å². The van der Waals surface area contributed by atoms with Crippen molar-refractivity contribution in [3.63, 3.8) is 0 Å². The van der Waals surface area contributed by atoms with Crippen molar-refractivity contribution in [3.05, 3.63) is 12.2 Å². The number of esters is 1. The van der Waals surface area contributed by atoms with Crippen LogP contribution in [0.15, 0.2) is 17.1 Å². The van der Waals surface area contributed by atoms with Crippen LogP contribution in [0.5, 0.6) is 0 Å². The molecule has 0 atom stereocenters. The van der Waals surface area contributed by atoms with Gasteiger partial charge in [0.2, 0.25) is 0 Å². The Morgan fingerprint density at radius 1 is 1.58 bits per heavy atom. The van der Waals surface area contributed by atoms with E-state index in [9.17, 15) is 4.79 Å². The zero-order chi connectivity index (χ0) is 9.40. The summed E-state index contributed by atoms with van der Waals surface area (Å²) in [5.41, 5.74) is 0.746. The molecule has 0 rings (SSSR count). The molecule has 0 aliphatic rings. The molecule has 0 bridgehead atoms. The Balaban J connectivity index is 3.95. The van der Waals surface area contributed by atoms with E-state index in [0.717, 1.165) is 5.71 Å². The largest absolute Gasteiger partial charge is 0.466 e. The van der Waals surface area contributed by atoms with Crippen molar-refractivity contribution in [1.29, 1.82) is 0 Å².